The minimum absolute atomic E-state index is 0.197. The van der Waals surface area contributed by atoms with E-state index in [2.05, 4.69) is 16.0 Å². The molecule has 0 aromatic carbocycles. The third-order valence-electron chi connectivity index (χ3n) is 2.34. The van der Waals surface area contributed by atoms with Crippen LogP contribution in [0.3, 0.4) is 0 Å². The number of carbonyl (C=O) groups is 2. The molecule has 100 valence electrons. The Morgan fingerprint density at radius 1 is 1.39 bits per heavy atom. The summed E-state index contributed by atoms with van der Waals surface area (Å²) < 4.78 is 4.94. The fourth-order valence-electron chi connectivity index (χ4n) is 1.35. The van der Waals surface area contributed by atoms with E-state index >= 15 is 0 Å². The molecule has 3 N–H and O–H groups in total. The molecule has 0 saturated heterocycles. The number of hydrogen-bond donors (Lipinski definition) is 3. The van der Waals surface area contributed by atoms with Crippen molar-refractivity contribution in [3.05, 3.63) is 24.2 Å². The van der Waals surface area contributed by atoms with E-state index in [4.69, 9.17) is 4.42 Å². The molecular formula is C12H19N3O3. The van der Waals surface area contributed by atoms with E-state index in [0.717, 1.165) is 6.54 Å². The van der Waals surface area contributed by atoms with Crippen LogP contribution in [-0.4, -0.2) is 37.5 Å². The van der Waals surface area contributed by atoms with Crippen molar-refractivity contribution in [1.29, 1.82) is 0 Å². The third kappa shape index (κ3) is 4.58. The van der Waals surface area contributed by atoms with E-state index in [1.807, 2.05) is 6.92 Å². The Morgan fingerprint density at radius 2 is 2.17 bits per heavy atom. The summed E-state index contributed by atoms with van der Waals surface area (Å²) in [6, 6.07) is 2.57. The van der Waals surface area contributed by atoms with Gasteiger partial charge in [0, 0.05) is 13.1 Å². The van der Waals surface area contributed by atoms with Gasteiger partial charge in [0.25, 0.3) is 5.91 Å². The second kappa shape index (κ2) is 7.50. The first kappa shape index (κ1) is 14.2. The van der Waals surface area contributed by atoms with Crippen molar-refractivity contribution in [2.45, 2.75) is 19.9 Å². The molecule has 0 aliphatic carbocycles. The molecule has 0 radical (unpaired) electrons. The van der Waals surface area contributed by atoms with Gasteiger partial charge < -0.3 is 20.4 Å². The van der Waals surface area contributed by atoms with Crippen LogP contribution in [0.4, 0.5) is 0 Å². The SMILES string of the molecule is CCNCCNC(=O)C(C)NC(=O)c1ccco1. The van der Waals surface area contributed by atoms with Gasteiger partial charge in [-0.2, -0.15) is 0 Å². The Hall–Kier alpha value is -1.82. The normalized spacial score (nSPS) is 11.9. The second-order valence-corrected chi connectivity index (χ2v) is 3.82. The number of hydrogen-bond acceptors (Lipinski definition) is 4. The summed E-state index contributed by atoms with van der Waals surface area (Å²) in [4.78, 5) is 23.2. The standard InChI is InChI=1S/C12H19N3O3/c1-3-13-6-7-14-11(16)9(2)15-12(17)10-5-4-8-18-10/h4-5,8-9,13H,3,6-7H2,1-2H3,(H,14,16)(H,15,17). The lowest BCUT2D eigenvalue weighted by atomic mass is 10.3. The van der Waals surface area contributed by atoms with Gasteiger partial charge in [0.1, 0.15) is 6.04 Å². The summed E-state index contributed by atoms with van der Waals surface area (Å²) in [6.07, 6.45) is 1.41. The summed E-state index contributed by atoms with van der Waals surface area (Å²) in [5.74, 6) is -0.413. The highest BCUT2D eigenvalue weighted by atomic mass is 16.3. The van der Waals surface area contributed by atoms with Gasteiger partial charge >= 0.3 is 0 Å². The predicted octanol–water partition coefficient (Wildman–Crippen LogP) is 0.124. The highest BCUT2D eigenvalue weighted by Crippen LogP contribution is 1.99. The summed E-state index contributed by atoms with van der Waals surface area (Å²) in [7, 11) is 0. The summed E-state index contributed by atoms with van der Waals surface area (Å²) in [5, 5.41) is 8.37. The first-order valence-corrected chi connectivity index (χ1v) is 5.98. The largest absolute Gasteiger partial charge is 0.459 e. The molecule has 1 heterocycles. The summed E-state index contributed by atoms with van der Waals surface area (Å²) >= 11 is 0. The number of nitrogens with one attached hydrogen (secondary N) is 3. The lowest BCUT2D eigenvalue weighted by Gasteiger charge is -2.13. The maximum atomic E-state index is 11.6. The van der Waals surface area contributed by atoms with Gasteiger partial charge in [0.05, 0.1) is 6.26 Å². The molecule has 6 nitrogen and oxygen atoms in total. The Balaban J connectivity index is 2.29. The van der Waals surface area contributed by atoms with E-state index in [9.17, 15) is 9.59 Å². The highest BCUT2D eigenvalue weighted by molar-refractivity contribution is 5.95. The number of amides is 2. The van der Waals surface area contributed by atoms with Gasteiger partial charge in [-0.3, -0.25) is 9.59 Å². The van der Waals surface area contributed by atoms with Crippen molar-refractivity contribution in [3.63, 3.8) is 0 Å². The van der Waals surface area contributed by atoms with E-state index in [1.54, 1.807) is 19.1 Å². The summed E-state index contributed by atoms with van der Waals surface area (Å²) in [5.41, 5.74) is 0. The first-order chi connectivity index (χ1) is 8.65. The average Bonchev–Trinajstić information content (AvgIpc) is 2.88. The molecule has 1 aromatic heterocycles. The van der Waals surface area contributed by atoms with Crippen LogP contribution < -0.4 is 16.0 Å². The maximum Gasteiger partial charge on any atom is 0.287 e. The van der Waals surface area contributed by atoms with E-state index in [0.29, 0.717) is 13.1 Å². The third-order valence-corrected chi connectivity index (χ3v) is 2.34. The van der Waals surface area contributed by atoms with Crippen LogP contribution in [0.1, 0.15) is 24.4 Å². The molecular weight excluding hydrogens is 234 g/mol. The second-order valence-electron chi connectivity index (χ2n) is 3.82. The van der Waals surface area contributed by atoms with E-state index in [1.165, 1.54) is 6.26 Å². The predicted molar refractivity (Wildman–Crippen MR) is 67.2 cm³/mol. The molecule has 1 aromatic rings. The van der Waals surface area contributed by atoms with Crippen molar-refractivity contribution in [2.24, 2.45) is 0 Å². The Bertz CT molecular complexity index is 376. The molecule has 1 unspecified atom stereocenters. The van der Waals surface area contributed by atoms with Gasteiger partial charge in [-0.05, 0) is 25.6 Å². The number of carbonyl (C=O) groups excluding carboxylic acids is 2. The maximum absolute atomic E-state index is 11.6. The smallest absolute Gasteiger partial charge is 0.287 e. The molecule has 18 heavy (non-hydrogen) atoms. The minimum Gasteiger partial charge on any atom is -0.459 e. The summed E-state index contributed by atoms with van der Waals surface area (Å²) in [6.45, 7) is 5.73. The van der Waals surface area contributed by atoms with Gasteiger partial charge in [-0.25, -0.2) is 0 Å². The van der Waals surface area contributed by atoms with Crippen LogP contribution in [0.2, 0.25) is 0 Å². The monoisotopic (exact) mass is 253 g/mol. The molecule has 0 aliphatic rings. The fourth-order valence-corrected chi connectivity index (χ4v) is 1.35. The fraction of sp³-hybridized carbons (Fsp3) is 0.500. The topological polar surface area (TPSA) is 83.4 Å². The van der Waals surface area contributed by atoms with Gasteiger partial charge in [0.15, 0.2) is 5.76 Å². The zero-order chi connectivity index (χ0) is 13.4. The van der Waals surface area contributed by atoms with Crippen LogP contribution in [0.5, 0.6) is 0 Å². The first-order valence-electron chi connectivity index (χ1n) is 5.98. The lowest BCUT2D eigenvalue weighted by molar-refractivity contribution is -0.122. The Kier molecular flexibility index (Phi) is 5.93. The molecule has 2 amide bonds. The van der Waals surface area contributed by atoms with Crippen LogP contribution in [0.25, 0.3) is 0 Å². The highest BCUT2D eigenvalue weighted by Gasteiger charge is 2.17. The van der Waals surface area contributed by atoms with Crippen molar-refractivity contribution < 1.29 is 14.0 Å². The molecule has 0 fully saturated rings. The zero-order valence-electron chi connectivity index (χ0n) is 10.7. The number of likely N-dealkylation sites (N-methyl/N-ethyl adjacent to an activating group) is 1. The van der Waals surface area contributed by atoms with Crippen molar-refractivity contribution in [2.75, 3.05) is 19.6 Å². The van der Waals surface area contributed by atoms with Crippen molar-refractivity contribution in [3.8, 4) is 0 Å². The Morgan fingerprint density at radius 3 is 2.78 bits per heavy atom. The number of rotatable bonds is 7. The van der Waals surface area contributed by atoms with Gasteiger partial charge in [-0.1, -0.05) is 6.92 Å². The quantitative estimate of drug-likeness (QED) is 0.603. The molecule has 0 saturated carbocycles. The van der Waals surface area contributed by atoms with E-state index < -0.39 is 11.9 Å². The molecule has 6 heteroatoms. The van der Waals surface area contributed by atoms with Gasteiger partial charge in [0.2, 0.25) is 5.91 Å². The molecule has 0 spiro atoms. The van der Waals surface area contributed by atoms with E-state index in [-0.39, 0.29) is 11.7 Å². The molecule has 1 atom stereocenters. The Labute approximate surface area is 106 Å². The van der Waals surface area contributed by atoms with Crippen LogP contribution in [0.15, 0.2) is 22.8 Å². The zero-order valence-corrected chi connectivity index (χ0v) is 10.7. The van der Waals surface area contributed by atoms with Crippen LogP contribution in [0, 0.1) is 0 Å². The minimum atomic E-state index is -0.593. The van der Waals surface area contributed by atoms with Crippen LogP contribution in [-0.2, 0) is 4.79 Å². The van der Waals surface area contributed by atoms with Crippen molar-refractivity contribution in [1.82, 2.24) is 16.0 Å². The van der Waals surface area contributed by atoms with Gasteiger partial charge in [-0.15, -0.1) is 0 Å². The number of furan rings is 1. The van der Waals surface area contributed by atoms with Crippen molar-refractivity contribution >= 4 is 11.8 Å². The lowest BCUT2D eigenvalue weighted by Crippen LogP contribution is -2.46. The average molecular weight is 253 g/mol. The van der Waals surface area contributed by atoms with Crippen LogP contribution >= 0.6 is 0 Å². The molecule has 0 bridgehead atoms. The molecule has 1 rings (SSSR count). The molecule has 0 aliphatic heterocycles.